The van der Waals surface area contributed by atoms with Crippen molar-refractivity contribution >= 4 is 50.7 Å². The molecule has 1 aliphatic rings. The van der Waals surface area contributed by atoms with E-state index in [1.165, 1.54) is 35.5 Å². The highest BCUT2D eigenvalue weighted by molar-refractivity contribution is 8.00. The van der Waals surface area contributed by atoms with Gasteiger partial charge in [0.25, 0.3) is 0 Å². The first-order valence-corrected chi connectivity index (χ1v) is 10.6. The number of nitrogens with one attached hydrogen (secondary N) is 1. The third-order valence-electron chi connectivity index (χ3n) is 4.68. The van der Waals surface area contributed by atoms with E-state index >= 15 is 0 Å². The lowest BCUT2D eigenvalue weighted by molar-refractivity contribution is -0.115. The van der Waals surface area contributed by atoms with E-state index in [0.717, 1.165) is 28.1 Å². The summed E-state index contributed by atoms with van der Waals surface area (Å²) in [6, 6.07) is 6.94. The summed E-state index contributed by atoms with van der Waals surface area (Å²) >= 11 is 3.22. The second-order valence-electron chi connectivity index (χ2n) is 6.60. The fourth-order valence-electron chi connectivity index (χ4n) is 3.24. The molecule has 4 rings (SSSR count). The molecule has 1 N–H and O–H groups in total. The Morgan fingerprint density at radius 1 is 1.19 bits per heavy atom. The Balaban J connectivity index is 1.50. The maximum Gasteiger partial charge on any atom is 0.237 e. The number of carbonyl (C=O) groups is 2. The number of rotatable bonds is 5. The van der Waals surface area contributed by atoms with Crippen LogP contribution in [0.15, 0.2) is 35.6 Å². The third kappa shape index (κ3) is 3.61. The van der Waals surface area contributed by atoms with Gasteiger partial charge in [0.1, 0.15) is 16.2 Å². The maximum atomic E-state index is 12.6. The van der Waals surface area contributed by atoms with E-state index in [0.29, 0.717) is 11.3 Å². The average Bonchev–Trinajstić information content (AvgIpc) is 3.23. The predicted molar refractivity (Wildman–Crippen MR) is 110 cm³/mol. The minimum atomic E-state index is -0.299. The summed E-state index contributed by atoms with van der Waals surface area (Å²) < 4.78 is 0. The van der Waals surface area contributed by atoms with E-state index in [1.807, 2.05) is 6.92 Å². The molecule has 1 aromatic carbocycles. The highest BCUT2D eigenvalue weighted by Crippen LogP contribution is 2.40. The molecule has 3 aromatic rings. The molecule has 1 unspecified atom stereocenters. The molecule has 2 heterocycles. The smallest absolute Gasteiger partial charge is 0.237 e. The third-order valence-corrected chi connectivity index (χ3v) is 6.98. The zero-order valence-electron chi connectivity index (χ0n) is 15.1. The lowest BCUT2D eigenvalue weighted by Gasteiger charge is -2.12. The lowest BCUT2D eigenvalue weighted by atomic mass is 10.1. The summed E-state index contributed by atoms with van der Waals surface area (Å²) in [6.07, 6.45) is 4.95. The number of amides is 1. The molecule has 0 saturated carbocycles. The summed E-state index contributed by atoms with van der Waals surface area (Å²) in [6.45, 7) is 3.40. The number of thioether (sulfide) groups is 1. The topological polar surface area (TPSA) is 72.0 Å². The van der Waals surface area contributed by atoms with Crippen LogP contribution in [-0.2, 0) is 17.6 Å². The first-order chi connectivity index (χ1) is 13.0. The molecule has 27 heavy (non-hydrogen) atoms. The molecule has 0 bridgehead atoms. The van der Waals surface area contributed by atoms with Crippen molar-refractivity contribution in [1.82, 2.24) is 9.97 Å². The molecule has 5 nitrogen and oxygen atoms in total. The van der Waals surface area contributed by atoms with Crippen LogP contribution < -0.4 is 5.32 Å². The molecular formula is C20H19N3O2S2. The molecule has 2 aromatic heterocycles. The van der Waals surface area contributed by atoms with Gasteiger partial charge in [-0.25, -0.2) is 9.97 Å². The molecule has 1 aliphatic carbocycles. The monoisotopic (exact) mass is 397 g/mol. The number of benzene rings is 1. The highest BCUT2D eigenvalue weighted by Gasteiger charge is 2.24. The van der Waals surface area contributed by atoms with Crippen LogP contribution in [-0.4, -0.2) is 26.9 Å². The molecule has 7 heteroatoms. The Morgan fingerprint density at radius 2 is 1.96 bits per heavy atom. The number of anilines is 1. The van der Waals surface area contributed by atoms with Crippen LogP contribution in [0, 0.1) is 0 Å². The van der Waals surface area contributed by atoms with Crippen LogP contribution in [0.1, 0.15) is 41.1 Å². The Hall–Kier alpha value is -2.25. The van der Waals surface area contributed by atoms with E-state index < -0.39 is 0 Å². The van der Waals surface area contributed by atoms with Crippen LogP contribution in [0.4, 0.5) is 5.69 Å². The average molecular weight is 398 g/mol. The summed E-state index contributed by atoms with van der Waals surface area (Å²) in [7, 11) is 0. The molecule has 1 atom stereocenters. The van der Waals surface area contributed by atoms with Gasteiger partial charge in [0.05, 0.1) is 5.25 Å². The van der Waals surface area contributed by atoms with Crippen molar-refractivity contribution in [2.45, 2.75) is 43.4 Å². The van der Waals surface area contributed by atoms with E-state index in [-0.39, 0.29) is 16.9 Å². The van der Waals surface area contributed by atoms with Crippen molar-refractivity contribution < 1.29 is 9.59 Å². The fourth-order valence-corrected chi connectivity index (χ4v) is 5.48. The largest absolute Gasteiger partial charge is 0.325 e. The number of hydrogen-bond acceptors (Lipinski definition) is 6. The second-order valence-corrected chi connectivity index (χ2v) is 9.01. The van der Waals surface area contributed by atoms with Gasteiger partial charge in [0.15, 0.2) is 5.78 Å². The second kappa shape index (κ2) is 7.40. The first-order valence-electron chi connectivity index (χ1n) is 8.86. The van der Waals surface area contributed by atoms with Gasteiger partial charge in [-0.3, -0.25) is 9.59 Å². The molecule has 0 saturated heterocycles. The molecule has 0 spiro atoms. The lowest BCUT2D eigenvalue weighted by Crippen LogP contribution is -2.22. The van der Waals surface area contributed by atoms with Crippen LogP contribution in [0.25, 0.3) is 10.2 Å². The van der Waals surface area contributed by atoms with Gasteiger partial charge in [-0.15, -0.1) is 11.3 Å². The maximum absolute atomic E-state index is 12.6. The number of carbonyl (C=O) groups excluding carboxylic acids is 2. The zero-order valence-corrected chi connectivity index (χ0v) is 16.7. The molecule has 1 amide bonds. The molecule has 0 fully saturated rings. The first kappa shape index (κ1) is 18.1. The zero-order chi connectivity index (χ0) is 19.0. The number of aryl methyl sites for hydroxylation is 2. The van der Waals surface area contributed by atoms with Gasteiger partial charge in [-0.1, -0.05) is 11.8 Å². The van der Waals surface area contributed by atoms with Gasteiger partial charge in [-0.2, -0.15) is 0 Å². The molecule has 138 valence electrons. The quantitative estimate of drug-likeness (QED) is 0.390. The number of hydrogen-bond donors (Lipinski definition) is 1. The van der Waals surface area contributed by atoms with Crippen molar-refractivity contribution in [2.24, 2.45) is 0 Å². The van der Waals surface area contributed by atoms with Crippen molar-refractivity contribution in [3.8, 4) is 0 Å². The summed E-state index contributed by atoms with van der Waals surface area (Å²) in [5.74, 6) is -0.0814. The summed E-state index contributed by atoms with van der Waals surface area (Å²) in [4.78, 5) is 35.3. The van der Waals surface area contributed by atoms with Crippen LogP contribution >= 0.6 is 23.1 Å². The Bertz CT molecular complexity index is 1030. The van der Waals surface area contributed by atoms with Crippen LogP contribution in [0.5, 0.6) is 0 Å². The highest BCUT2D eigenvalue weighted by atomic mass is 32.2. The number of nitrogens with zero attached hydrogens (tertiary/aromatic N) is 2. The van der Waals surface area contributed by atoms with E-state index in [9.17, 15) is 9.59 Å². The van der Waals surface area contributed by atoms with Crippen LogP contribution in [0.3, 0.4) is 0 Å². The van der Waals surface area contributed by atoms with Crippen molar-refractivity contribution in [3.63, 3.8) is 0 Å². The summed E-state index contributed by atoms with van der Waals surface area (Å²) in [5, 5.41) is 4.63. The molecule has 0 aliphatic heterocycles. The minimum absolute atomic E-state index is 0.00729. The van der Waals surface area contributed by atoms with E-state index in [2.05, 4.69) is 15.3 Å². The van der Waals surface area contributed by atoms with Crippen molar-refractivity contribution in [3.05, 3.63) is 46.6 Å². The Kier molecular flexibility index (Phi) is 4.97. The summed E-state index contributed by atoms with van der Waals surface area (Å²) in [5.41, 5.74) is 2.68. The Labute approximate surface area is 165 Å². The number of ketones is 1. The Morgan fingerprint density at radius 3 is 2.70 bits per heavy atom. The number of fused-ring (bicyclic) bond motifs is 3. The standard InChI is InChI=1S/C20H19N3O2S2/c1-11(24)13-6-8-14(9-7-13)23-18(25)12(2)26-19-17-15-4-3-5-16(15)27-20(17)22-10-21-19/h6-10,12H,3-5H2,1-2H3,(H,23,25). The predicted octanol–water partition coefficient (Wildman–Crippen LogP) is 4.50. The molecular weight excluding hydrogens is 378 g/mol. The van der Waals surface area contributed by atoms with Gasteiger partial charge >= 0.3 is 0 Å². The SMILES string of the molecule is CC(=O)c1ccc(NC(=O)C(C)Sc2ncnc3sc4c(c23)CCC4)cc1. The van der Waals surface area contributed by atoms with Gasteiger partial charge in [0, 0.05) is 21.5 Å². The normalized spacial score (nSPS) is 14.1. The number of aromatic nitrogens is 2. The fraction of sp³-hybridized carbons (Fsp3) is 0.300. The van der Waals surface area contributed by atoms with Crippen molar-refractivity contribution in [2.75, 3.05) is 5.32 Å². The van der Waals surface area contributed by atoms with Crippen molar-refractivity contribution in [1.29, 1.82) is 0 Å². The van der Waals surface area contributed by atoms with Crippen LogP contribution in [0.2, 0.25) is 0 Å². The molecule has 0 radical (unpaired) electrons. The minimum Gasteiger partial charge on any atom is -0.325 e. The number of Topliss-reactive ketones (excluding diaryl/α,β-unsaturated/α-hetero) is 1. The van der Waals surface area contributed by atoms with Gasteiger partial charge < -0.3 is 5.32 Å². The van der Waals surface area contributed by atoms with E-state index in [4.69, 9.17) is 0 Å². The van der Waals surface area contributed by atoms with Gasteiger partial charge in [0.2, 0.25) is 5.91 Å². The van der Waals surface area contributed by atoms with E-state index in [1.54, 1.807) is 41.9 Å². The van der Waals surface area contributed by atoms with Gasteiger partial charge in [-0.05, 0) is 62.9 Å². The number of thiophene rings is 1.